The van der Waals surface area contributed by atoms with Gasteiger partial charge in [0.2, 0.25) is 0 Å². The molecule has 0 amide bonds. The highest BCUT2D eigenvalue weighted by Crippen LogP contribution is 2.31. The van der Waals surface area contributed by atoms with Gasteiger partial charge in [0, 0.05) is 24.1 Å². The van der Waals surface area contributed by atoms with E-state index in [2.05, 4.69) is 66.3 Å². The van der Waals surface area contributed by atoms with Crippen LogP contribution in [0, 0.1) is 5.92 Å². The third kappa shape index (κ3) is 2.81. The van der Waals surface area contributed by atoms with Crippen molar-refractivity contribution < 1.29 is 0 Å². The molecule has 1 fully saturated rings. The Balaban J connectivity index is 1.99. The topological polar surface area (TPSA) is 46.8 Å². The number of hydrogen-bond acceptors (Lipinski definition) is 5. The van der Waals surface area contributed by atoms with Crippen LogP contribution in [0.25, 0.3) is 11.0 Å². The average molecular weight is 319 g/mol. The fraction of sp³-hybridized carbons (Fsp3) is 0.688. The van der Waals surface area contributed by atoms with Gasteiger partial charge in [-0.05, 0) is 26.7 Å². The van der Waals surface area contributed by atoms with Gasteiger partial charge in [-0.3, -0.25) is 0 Å². The zero-order chi connectivity index (χ0) is 15.9. The quantitative estimate of drug-likeness (QED) is 0.851. The van der Waals surface area contributed by atoms with Crippen LogP contribution in [0.1, 0.15) is 34.6 Å². The van der Waals surface area contributed by atoms with Crippen LogP contribution in [-0.4, -0.2) is 43.8 Å². The smallest absolute Gasteiger partial charge is 0.163 e. The minimum Gasteiger partial charge on any atom is -0.354 e. The van der Waals surface area contributed by atoms with E-state index in [-0.39, 0.29) is 5.54 Å². The minimum absolute atomic E-state index is 0.0778. The van der Waals surface area contributed by atoms with Gasteiger partial charge in [0.15, 0.2) is 5.65 Å². The van der Waals surface area contributed by atoms with Crippen molar-refractivity contribution in [1.82, 2.24) is 19.7 Å². The third-order valence-corrected chi connectivity index (χ3v) is 5.66. The van der Waals surface area contributed by atoms with Crippen molar-refractivity contribution in [2.45, 2.75) is 45.4 Å². The normalized spacial score (nSPS) is 20.1. The molecule has 22 heavy (non-hydrogen) atoms. The number of fused-ring (bicyclic) bond motifs is 1. The highest BCUT2D eigenvalue weighted by Gasteiger charge is 2.26. The summed E-state index contributed by atoms with van der Waals surface area (Å²) in [5.41, 5.74) is 0.850. The van der Waals surface area contributed by atoms with Crippen molar-refractivity contribution in [2.75, 3.05) is 23.7 Å². The fourth-order valence-electron chi connectivity index (χ4n) is 2.85. The maximum atomic E-state index is 4.57. The summed E-state index contributed by atoms with van der Waals surface area (Å²) in [6.45, 7) is 13.1. The maximum Gasteiger partial charge on any atom is 0.163 e. The minimum atomic E-state index is -0.0778. The number of thioether (sulfide) groups is 1. The lowest BCUT2D eigenvalue weighted by Gasteiger charge is -2.35. The van der Waals surface area contributed by atoms with Crippen LogP contribution in [0.5, 0.6) is 0 Å². The van der Waals surface area contributed by atoms with Gasteiger partial charge in [-0.15, -0.1) is 0 Å². The van der Waals surface area contributed by atoms with Gasteiger partial charge in [0.25, 0.3) is 0 Å². The van der Waals surface area contributed by atoms with Crippen LogP contribution in [0.15, 0.2) is 12.5 Å². The molecule has 1 saturated heterocycles. The van der Waals surface area contributed by atoms with E-state index in [1.807, 2.05) is 10.9 Å². The Bertz CT molecular complexity index is 658. The summed E-state index contributed by atoms with van der Waals surface area (Å²) >= 11 is 2.08. The van der Waals surface area contributed by atoms with Gasteiger partial charge >= 0.3 is 0 Å². The molecule has 0 aromatic carbocycles. The van der Waals surface area contributed by atoms with Gasteiger partial charge in [0.1, 0.15) is 12.1 Å². The summed E-state index contributed by atoms with van der Waals surface area (Å²) in [6.07, 6.45) is 3.59. The third-order valence-electron chi connectivity index (χ3n) is 4.12. The Labute approximate surface area is 136 Å². The first kappa shape index (κ1) is 15.6. The summed E-state index contributed by atoms with van der Waals surface area (Å²) < 4.78 is 1.99. The molecule has 1 aliphatic rings. The van der Waals surface area contributed by atoms with Crippen LogP contribution in [-0.2, 0) is 5.54 Å². The Kier molecular flexibility index (Phi) is 4.05. The first-order valence-electron chi connectivity index (χ1n) is 7.93. The molecule has 2 aromatic rings. The lowest BCUT2D eigenvalue weighted by Crippen LogP contribution is -2.40. The van der Waals surface area contributed by atoms with Crippen molar-refractivity contribution in [3.63, 3.8) is 0 Å². The molecule has 1 aliphatic heterocycles. The van der Waals surface area contributed by atoms with Crippen LogP contribution in [0.3, 0.4) is 0 Å². The average Bonchev–Trinajstić information content (AvgIpc) is 2.91. The molecule has 6 heteroatoms. The second-order valence-corrected chi connectivity index (χ2v) is 8.61. The monoisotopic (exact) mass is 319 g/mol. The first-order chi connectivity index (χ1) is 10.4. The highest BCUT2D eigenvalue weighted by atomic mass is 32.2. The maximum absolute atomic E-state index is 4.57. The Morgan fingerprint density at radius 2 is 2.05 bits per heavy atom. The second kappa shape index (κ2) is 5.72. The predicted molar refractivity (Wildman–Crippen MR) is 93.6 cm³/mol. The second-order valence-electron chi connectivity index (χ2n) is 7.26. The molecule has 0 spiro atoms. The molecule has 0 radical (unpaired) electrons. The van der Waals surface area contributed by atoms with Crippen LogP contribution in [0.4, 0.5) is 5.82 Å². The molecule has 0 bridgehead atoms. The molecule has 2 aromatic heterocycles. The van der Waals surface area contributed by atoms with Gasteiger partial charge in [0.05, 0.1) is 17.1 Å². The Hall–Kier alpha value is -1.30. The summed E-state index contributed by atoms with van der Waals surface area (Å²) in [6, 6.07) is 0. The van der Waals surface area contributed by atoms with Gasteiger partial charge in [-0.1, -0.05) is 13.8 Å². The molecule has 0 N–H and O–H groups in total. The van der Waals surface area contributed by atoms with Gasteiger partial charge < -0.3 is 4.90 Å². The summed E-state index contributed by atoms with van der Waals surface area (Å²) in [5.74, 6) is 2.87. The largest absolute Gasteiger partial charge is 0.354 e. The van der Waals surface area contributed by atoms with Crippen molar-refractivity contribution >= 4 is 28.6 Å². The van der Waals surface area contributed by atoms with Crippen molar-refractivity contribution in [3.8, 4) is 0 Å². The predicted octanol–water partition coefficient (Wildman–Crippen LogP) is 3.16. The number of hydrogen-bond donors (Lipinski definition) is 0. The molecule has 5 nitrogen and oxygen atoms in total. The van der Waals surface area contributed by atoms with E-state index in [1.165, 1.54) is 0 Å². The van der Waals surface area contributed by atoms with E-state index in [0.717, 1.165) is 35.7 Å². The Morgan fingerprint density at radius 1 is 1.27 bits per heavy atom. The van der Waals surface area contributed by atoms with E-state index in [1.54, 1.807) is 6.33 Å². The number of nitrogens with zero attached hydrogens (tertiary/aromatic N) is 5. The van der Waals surface area contributed by atoms with Gasteiger partial charge in [-0.2, -0.15) is 16.9 Å². The molecular formula is C16H25N5S. The van der Waals surface area contributed by atoms with E-state index in [9.17, 15) is 0 Å². The lowest BCUT2D eigenvalue weighted by atomic mass is 10.1. The first-order valence-corrected chi connectivity index (χ1v) is 8.98. The summed E-state index contributed by atoms with van der Waals surface area (Å²) in [5, 5.41) is 6.28. The molecule has 0 saturated carbocycles. The van der Waals surface area contributed by atoms with E-state index >= 15 is 0 Å². The molecule has 0 aliphatic carbocycles. The SMILES string of the molecule is CC(C)[C@@H]1CN(c2ncnc3c2cnn3C(C)(C)C)CCS1. The van der Waals surface area contributed by atoms with Crippen LogP contribution < -0.4 is 4.90 Å². The molecule has 120 valence electrons. The number of anilines is 1. The fourth-order valence-corrected chi connectivity index (χ4v) is 4.14. The van der Waals surface area contributed by atoms with Crippen molar-refractivity contribution in [1.29, 1.82) is 0 Å². The Morgan fingerprint density at radius 3 is 2.73 bits per heavy atom. The van der Waals surface area contributed by atoms with Crippen molar-refractivity contribution in [3.05, 3.63) is 12.5 Å². The molecular weight excluding hydrogens is 294 g/mol. The highest BCUT2D eigenvalue weighted by molar-refractivity contribution is 8.00. The standard InChI is InChI=1S/C16H25N5S/c1-11(2)13-9-20(6-7-22-13)14-12-8-19-21(16(3,4)5)15(12)18-10-17-14/h8,10-11,13H,6-7,9H2,1-5H3/t13-/m0/s1. The van der Waals surface area contributed by atoms with Gasteiger partial charge in [-0.25, -0.2) is 14.6 Å². The van der Waals surface area contributed by atoms with E-state index < -0.39 is 0 Å². The summed E-state index contributed by atoms with van der Waals surface area (Å²) in [4.78, 5) is 11.4. The molecule has 1 atom stereocenters. The lowest BCUT2D eigenvalue weighted by molar-refractivity contribution is 0.366. The van der Waals surface area contributed by atoms with E-state index in [0.29, 0.717) is 11.2 Å². The molecule has 0 unspecified atom stereocenters. The molecule has 3 heterocycles. The zero-order valence-electron chi connectivity index (χ0n) is 14.1. The van der Waals surface area contributed by atoms with Crippen LogP contribution >= 0.6 is 11.8 Å². The molecule has 3 rings (SSSR count). The number of aromatic nitrogens is 4. The summed E-state index contributed by atoms with van der Waals surface area (Å²) in [7, 11) is 0. The van der Waals surface area contributed by atoms with Crippen molar-refractivity contribution in [2.24, 2.45) is 5.92 Å². The number of rotatable bonds is 2. The van der Waals surface area contributed by atoms with Crippen LogP contribution in [0.2, 0.25) is 0 Å². The zero-order valence-corrected chi connectivity index (χ0v) is 14.9. The van der Waals surface area contributed by atoms with E-state index in [4.69, 9.17) is 0 Å².